The van der Waals surface area contributed by atoms with Gasteiger partial charge in [-0.15, -0.1) is 0 Å². The predicted octanol–water partition coefficient (Wildman–Crippen LogP) is 1.06. The van der Waals surface area contributed by atoms with Gasteiger partial charge in [0.2, 0.25) is 11.8 Å². The van der Waals surface area contributed by atoms with Crippen molar-refractivity contribution in [1.29, 1.82) is 0 Å². The van der Waals surface area contributed by atoms with Crippen LogP contribution in [0.3, 0.4) is 0 Å². The van der Waals surface area contributed by atoms with E-state index < -0.39 is 11.4 Å². The first-order valence-corrected chi connectivity index (χ1v) is 6.49. The van der Waals surface area contributed by atoms with Crippen molar-refractivity contribution in [1.82, 2.24) is 10.6 Å². The van der Waals surface area contributed by atoms with Crippen LogP contribution in [0.4, 0.5) is 0 Å². The number of carbonyl (C=O) groups excluding carboxylic acids is 2. The molecule has 7 nitrogen and oxygen atoms in total. The minimum absolute atomic E-state index is 0.0678. The van der Waals surface area contributed by atoms with Gasteiger partial charge in [0.05, 0.1) is 13.1 Å². The number of carboxylic acids is 1. The van der Waals surface area contributed by atoms with Gasteiger partial charge in [-0.2, -0.15) is 0 Å². The van der Waals surface area contributed by atoms with Crippen molar-refractivity contribution in [2.24, 2.45) is 5.41 Å². The third-order valence-electron chi connectivity index (χ3n) is 2.75. The zero-order chi connectivity index (χ0) is 16.2. The second-order valence-corrected chi connectivity index (χ2v) is 5.70. The Hall–Kier alpha value is -2.31. The topological polar surface area (TPSA) is 109 Å². The van der Waals surface area contributed by atoms with Crippen LogP contribution in [0.5, 0.6) is 0 Å². The van der Waals surface area contributed by atoms with Crippen LogP contribution >= 0.6 is 0 Å². The molecule has 116 valence electrons. The number of hydrogen-bond acceptors (Lipinski definition) is 4. The van der Waals surface area contributed by atoms with Gasteiger partial charge in [0, 0.05) is 5.41 Å². The van der Waals surface area contributed by atoms with Gasteiger partial charge < -0.3 is 20.2 Å². The molecule has 7 heteroatoms. The summed E-state index contributed by atoms with van der Waals surface area (Å²) >= 11 is 0. The third-order valence-corrected chi connectivity index (χ3v) is 2.75. The smallest absolute Gasteiger partial charge is 0.339 e. The van der Waals surface area contributed by atoms with Crippen LogP contribution in [0, 0.1) is 12.3 Å². The van der Waals surface area contributed by atoms with Crippen LogP contribution in [0.1, 0.15) is 42.6 Å². The van der Waals surface area contributed by atoms with E-state index in [2.05, 4.69) is 10.6 Å². The molecule has 21 heavy (non-hydrogen) atoms. The van der Waals surface area contributed by atoms with Crippen molar-refractivity contribution in [3.05, 3.63) is 23.2 Å². The van der Waals surface area contributed by atoms with E-state index in [0.29, 0.717) is 5.76 Å². The molecule has 1 heterocycles. The molecule has 0 aliphatic rings. The van der Waals surface area contributed by atoms with Crippen molar-refractivity contribution < 1.29 is 23.9 Å². The Morgan fingerprint density at radius 2 is 1.86 bits per heavy atom. The molecular weight excluding hydrogens is 276 g/mol. The molecule has 0 aromatic carbocycles. The summed E-state index contributed by atoms with van der Waals surface area (Å²) in [6, 6.07) is 1.37. The lowest BCUT2D eigenvalue weighted by molar-refractivity contribution is -0.131. The number of rotatable bonds is 5. The molecule has 0 radical (unpaired) electrons. The number of carbonyl (C=O) groups is 3. The number of furan rings is 1. The van der Waals surface area contributed by atoms with Crippen molar-refractivity contribution >= 4 is 17.8 Å². The predicted molar refractivity (Wildman–Crippen MR) is 74.7 cm³/mol. The molecule has 0 spiro atoms. The van der Waals surface area contributed by atoms with Gasteiger partial charge in [0.15, 0.2) is 0 Å². The molecule has 0 aliphatic heterocycles. The zero-order valence-corrected chi connectivity index (χ0v) is 12.6. The van der Waals surface area contributed by atoms with Gasteiger partial charge in [0.1, 0.15) is 17.1 Å². The maximum absolute atomic E-state index is 11.6. The van der Waals surface area contributed by atoms with Crippen molar-refractivity contribution in [3.8, 4) is 0 Å². The Morgan fingerprint density at radius 3 is 2.33 bits per heavy atom. The average molecular weight is 296 g/mol. The maximum Gasteiger partial charge on any atom is 0.339 e. The third kappa shape index (κ3) is 4.94. The summed E-state index contributed by atoms with van der Waals surface area (Å²) in [4.78, 5) is 34.0. The summed E-state index contributed by atoms with van der Waals surface area (Å²) in [5.41, 5.74) is -0.491. The highest BCUT2D eigenvalue weighted by Crippen LogP contribution is 2.14. The van der Waals surface area contributed by atoms with Crippen LogP contribution in [0.25, 0.3) is 0 Å². The summed E-state index contributed by atoms with van der Waals surface area (Å²) in [6.45, 7) is 6.72. The molecule has 0 saturated heterocycles. The number of hydrogen-bond donors (Lipinski definition) is 3. The lowest BCUT2D eigenvalue weighted by Crippen LogP contribution is -2.41. The van der Waals surface area contributed by atoms with E-state index in [-0.39, 0.29) is 36.2 Å². The normalized spacial score (nSPS) is 11.0. The first-order chi connectivity index (χ1) is 9.61. The lowest BCUT2D eigenvalue weighted by Gasteiger charge is -2.17. The van der Waals surface area contributed by atoms with E-state index in [0.717, 1.165) is 0 Å². The number of amides is 2. The SMILES string of the molecule is Cc1oc(CNC(=O)CNC(=O)C(C)(C)C)cc1C(=O)O. The fourth-order valence-corrected chi connectivity index (χ4v) is 1.52. The average Bonchev–Trinajstić information content (AvgIpc) is 2.73. The molecular formula is C14H20N2O5. The number of nitrogens with one attached hydrogen (secondary N) is 2. The first-order valence-electron chi connectivity index (χ1n) is 6.49. The molecule has 2 amide bonds. The second-order valence-electron chi connectivity index (χ2n) is 5.70. The molecule has 0 saturated carbocycles. The van der Waals surface area contributed by atoms with E-state index >= 15 is 0 Å². The highest BCUT2D eigenvalue weighted by molar-refractivity contribution is 5.89. The van der Waals surface area contributed by atoms with Crippen molar-refractivity contribution in [3.63, 3.8) is 0 Å². The Bertz CT molecular complexity index is 554. The molecule has 0 fully saturated rings. The molecule has 0 unspecified atom stereocenters. The molecule has 1 aromatic heterocycles. The summed E-state index contributed by atoms with van der Waals surface area (Å²) < 4.78 is 5.22. The fraction of sp³-hybridized carbons (Fsp3) is 0.500. The van der Waals surface area contributed by atoms with Crippen LogP contribution in [-0.4, -0.2) is 29.4 Å². The van der Waals surface area contributed by atoms with E-state index in [9.17, 15) is 14.4 Å². The molecule has 1 aromatic rings. The van der Waals surface area contributed by atoms with Crippen LogP contribution in [-0.2, 0) is 16.1 Å². The minimum atomic E-state index is -1.08. The van der Waals surface area contributed by atoms with Gasteiger partial charge in [-0.1, -0.05) is 20.8 Å². The monoisotopic (exact) mass is 296 g/mol. The summed E-state index contributed by atoms with van der Waals surface area (Å²) in [6.07, 6.45) is 0. The minimum Gasteiger partial charge on any atom is -0.478 e. The Kier molecular flexibility index (Phi) is 5.12. The Labute approximate surface area is 122 Å². The van der Waals surface area contributed by atoms with E-state index in [1.807, 2.05) is 0 Å². The summed E-state index contributed by atoms with van der Waals surface area (Å²) in [5.74, 6) is -1.04. The lowest BCUT2D eigenvalue weighted by atomic mass is 9.96. The van der Waals surface area contributed by atoms with E-state index in [1.165, 1.54) is 6.07 Å². The highest BCUT2D eigenvalue weighted by Gasteiger charge is 2.21. The second kappa shape index (κ2) is 6.43. The number of aryl methyl sites for hydroxylation is 1. The zero-order valence-electron chi connectivity index (χ0n) is 12.6. The molecule has 3 N–H and O–H groups in total. The van der Waals surface area contributed by atoms with Gasteiger partial charge >= 0.3 is 5.97 Å². The number of carboxylic acid groups (broad SMARTS) is 1. The van der Waals surface area contributed by atoms with Crippen LogP contribution in [0.15, 0.2) is 10.5 Å². The quantitative estimate of drug-likeness (QED) is 0.753. The molecule has 0 atom stereocenters. The Morgan fingerprint density at radius 1 is 1.24 bits per heavy atom. The highest BCUT2D eigenvalue weighted by atomic mass is 16.4. The largest absolute Gasteiger partial charge is 0.478 e. The van der Waals surface area contributed by atoms with E-state index in [4.69, 9.17) is 9.52 Å². The Balaban J connectivity index is 2.45. The van der Waals surface area contributed by atoms with Crippen LogP contribution in [0.2, 0.25) is 0 Å². The van der Waals surface area contributed by atoms with Crippen LogP contribution < -0.4 is 10.6 Å². The molecule has 0 bridgehead atoms. The summed E-state index contributed by atoms with van der Waals surface area (Å²) in [5, 5.41) is 13.9. The number of aromatic carboxylic acids is 1. The first kappa shape index (κ1) is 16.7. The van der Waals surface area contributed by atoms with Gasteiger partial charge in [-0.05, 0) is 13.0 Å². The maximum atomic E-state index is 11.6. The van der Waals surface area contributed by atoms with Crippen molar-refractivity contribution in [2.45, 2.75) is 34.2 Å². The van der Waals surface area contributed by atoms with Gasteiger partial charge in [0.25, 0.3) is 0 Å². The standard InChI is InChI=1S/C14H20N2O5/c1-8-10(12(18)19)5-9(21-8)6-15-11(17)7-16-13(20)14(2,3)4/h5H,6-7H2,1-4H3,(H,15,17)(H,16,20)(H,18,19). The summed E-state index contributed by atoms with van der Waals surface area (Å²) in [7, 11) is 0. The molecule has 0 aliphatic carbocycles. The molecule has 1 rings (SSSR count). The van der Waals surface area contributed by atoms with Crippen molar-refractivity contribution in [2.75, 3.05) is 6.54 Å². The fourth-order valence-electron chi connectivity index (χ4n) is 1.52. The van der Waals surface area contributed by atoms with Gasteiger partial charge in [-0.3, -0.25) is 9.59 Å². The van der Waals surface area contributed by atoms with E-state index in [1.54, 1.807) is 27.7 Å². The van der Waals surface area contributed by atoms with Gasteiger partial charge in [-0.25, -0.2) is 4.79 Å².